The zero-order valence-corrected chi connectivity index (χ0v) is 11.5. The third kappa shape index (κ3) is 3.55. The molecule has 3 heteroatoms. The normalized spacial score (nSPS) is 12.4. The van der Waals surface area contributed by atoms with Gasteiger partial charge in [0.1, 0.15) is 5.82 Å². The van der Waals surface area contributed by atoms with Gasteiger partial charge in [-0.2, -0.15) is 0 Å². The maximum Gasteiger partial charge on any atom is 0.123 e. The highest BCUT2D eigenvalue weighted by atomic mass is 35.5. The van der Waals surface area contributed by atoms with E-state index in [0.717, 1.165) is 16.7 Å². The highest BCUT2D eigenvalue weighted by Crippen LogP contribution is 2.24. The summed E-state index contributed by atoms with van der Waals surface area (Å²) in [5.41, 5.74) is 2.94. The molecule has 0 aliphatic heterocycles. The van der Waals surface area contributed by atoms with Crippen LogP contribution in [-0.4, -0.2) is 11.7 Å². The first kappa shape index (κ1) is 14.0. The van der Waals surface area contributed by atoms with Gasteiger partial charge >= 0.3 is 0 Å². The summed E-state index contributed by atoms with van der Waals surface area (Å²) >= 11 is 5.97. The summed E-state index contributed by atoms with van der Waals surface area (Å²) in [7, 11) is 0. The highest BCUT2D eigenvalue weighted by Gasteiger charge is 2.13. The fourth-order valence-corrected chi connectivity index (χ4v) is 2.40. The monoisotopic (exact) mass is 278 g/mol. The van der Waals surface area contributed by atoms with Gasteiger partial charge in [0.2, 0.25) is 0 Å². The van der Waals surface area contributed by atoms with Crippen molar-refractivity contribution in [2.75, 3.05) is 6.61 Å². The largest absolute Gasteiger partial charge is 0.396 e. The smallest absolute Gasteiger partial charge is 0.123 e. The quantitative estimate of drug-likeness (QED) is 0.892. The Hall–Kier alpha value is -1.38. The molecule has 1 unspecified atom stereocenters. The van der Waals surface area contributed by atoms with Gasteiger partial charge in [0.05, 0.1) is 6.61 Å². The van der Waals surface area contributed by atoms with Crippen LogP contribution in [0.3, 0.4) is 0 Å². The van der Waals surface area contributed by atoms with E-state index in [2.05, 4.69) is 0 Å². The van der Waals surface area contributed by atoms with Crippen LogP contribution in [0.5, 0.6) is 0 Å². The van der Waals surface area contributed by atoms with Gasteiger partial charge in [-0.15, -0.1) is 0 Å². The van der Waals surface area contributed by atoms with Crippen molar-refractivity contribution in [3.63, 3.8) is 0 Å². The van der Waals surface area contributed by atoms with Gasteiger partial charge in [-0.3, -0.25) is 0 Å². The molecule has 0 fully saturated rings. The molecular weight excluding hydrogens is 263 g/mol. The molecule has 0 saturated heterocycles. The maximum absolute atomic E-state index is 13.1. The van der Waals surface area contributed by atoms with Gasteiger partial charge in [0.15, 0.2) is 0 Å². The van der Waals surface area contributed by atoms with E-state index >= 15 is 0 Å². The Morgan fingerprint density at radius 3 is 2.63 bits per heavy atom. The van der Waals surface area contributed by atoms with Gasteiger partial charge in [-0.25, -0.2) is 4.39 Å². The summed E-state index contributed by atoms with van der Waals surface area (Å²) in [5.74, 6) is -0.257. The Labute approximate surface area is 117 Å². The molecular formula is C16H16ClFO. The standard InChI is InChI=1S/C16H16ClFO/c1-11-7-16(18)6-5-12(11)8-14(10-19)13-3-2-4-15(17)9-13/h2-7,9,14,19H,8,10H2,1H3. The lowest BCUT2D eigenvalue weighted by molar-refractivity contribution is 0.264. The van der Waals surface area contributed by atoms with Gasteiger partial charge in [-0.05, 0) is 54.3 Å². The van der Waals surface area contributed by atoms with E-state index in [1.54, 1.807) is 6.07 Å². The number of rotatable bonds is 4. The number of hydrogen-bond acceptors (Lipinski definition) is 1. The molecule has 0 heterocycles. The fraction of sp³-hybridized carbons (Fsp3) is 0.250. The van der Waals surface area contributed by atoms with Crippen LogP contribution in [0.25, 0.3) is 0 Å². The second kappa shape index (κ2) is 6.18. The molecule has 1 N–H and O–H groups in total. The van der Waals surface area contributed by atoms with Gasteiger partial charge in [-0.1, -0.05) is 29.8 Å². The average Bonchev–Trinajstić information content (AvgIpc) is 2.38. The molecule has 0 bridgehead atoms. The van der Waals surface area contributed by atoms with Crippen molar-refractivity contribution < 1.29 is 9.50 Å². The lowest BCUT2D eigenvalue weighted by Gasteiger charge is -2.16. The van der Waals surface area contributed by atoms with Gasteiger partial charge < -0.3 is 5.11 Å². The summed E-state index contributed by atoms with van der Waals surface area (Å²) in [5, 5.41) is 10.2. The molecule has 0 radical (unpaired) electrons. The molecule has 0 saturated carbocycles. The van der Waals surface area contributed by atoms with Crippen LogP contribution in [-0.2, 0) is 6.42 Å². The van der Waals surface area contributed by atoms with Crippen LogP contribution in [0.15, 0.2) is 42.5 Å². The Balaban J connectivity index is 2.24. The van der Waals surface area contributed by atoms with Crippen LogP contribution < -0.4 is 0 Å². The lowest BCUT2D eigenvalue weighted by Crippen LogP contribution is -2.08. The Morgan fingerprint density at radius 1 is 1.21 bits per heavy atom. The Kier molecular flexibility index (Phi) is 4.56. The summed E-state index contributed by atoms with van der Waals surface area (Å²) < 4.78 is 13.1. The van der Waals surface area contributed by atoms with Crippen molar-refractivity contribution in [1.82, 2.24) is 0 Å². The lowest BCUT2D eigenvalue weighted by atomic mass is 9.91. The molecule has 0 aliphatic rings. The molecule has 2 rings (SSSR count). The summed E-state index contributed by atoms with van der Waals surface area (Å²) in [4.78, 5) is 0. The van der Waals surface area contributed by atoms with E-state index in [1.807, 2.05) is 31.2 Å². The van der Waals surface area contributed by atoms with Crippen molar-refractivity contribution in [3.05, 3.63) is 70.0 Å². The summed E-state index contributed by atoms with van der Waals surface area (Å²) in [6.45, 7) is 1.92. The molecule has 0 amide bonds. The highest BCUT2D eigenvalue weighted by molar-refractivity contribution is 6.30. The zero-order chi connectivity index (χ0) is 13.8. The topological polar surface area (TPSA) is 20.2 Å². The Bertz CT molecular complexity index is 568. The molecule has 1 atom stereocenters. The van der Waals surface area contributed by atoms with E-state index in [0.29, 0.717) is 11.4 Å². The number of benzene rings is 2. The third-order valence-corrected chi connectivity index (χ3v) is 3.55. The van der Waals surface area contributed by atoms with E-state index in [-0.39, 0.29) is 18.3 Å². The second-order valence-corrected chi connectivity index (χ2v) is 5.15. The van der Waals surface area contributed by atoms with Crippen LogP contribution in [0.1, 0.15) is 22.6 Å². The first-order valence-electron chi connectivity index (χ1n) is 6.21. The molecule has 1 nitrogen and oxygen atoms in total. The minimum atomic E-state index is -0.232. The second-order valence-electron chi connectivity index (χ2n) is 4.71. The summed E-state index contributed by atoms with van der Waals surface area (Å²) in [6.07, 6.45) is 0.670. The van der Waals surface area contributed by atoms with E-state index in [9.17, 15) is 9.50 Å². The van der Waals surface area contributed by atoms with Crippen molar-refractivity contribution in [2.45, 2.75) is 19.3 Å². The Morgan fingerprint density at radius 2 is 2.00 bits per heavy atom. The van der Waals surface area contributed by atoms with E-state index < -0.39 is 0 Å². The number of aryl methyl sites for hydroxylation is 1. The van der Waals surface area contributed by atoms with Gasteiger partial charge in [0, 0.05) is 10.9 Å². The molecule has 2 aromatic rings. The van der Waals surface area contributed by atoms with Gasteiger partial charge in [0.25, 0.3) is 0 Å². The molecule has 0 spiro atoms. The minimum Gasteiger partial charge on any atom is -0.396 e. The van der Waals surface area contributed by atoms with Crippen LogP contribution in [0.4, 0.5) is 4.39 Å². The maximum atomic E-state index is 13.1. The summed E-state index contributed by atoms with van der Waals surface area (Å²) in [6, 6.07) is 12.2. The fourth-order valence-electron chi connectivity index (χ4n) is 2.20. The van der Waals surface area contributed by atoms with Crippen molar-refractivity contribution in [1.29, 1.82) is 0 Å². The van der Waals surface area contributed by atoms with Crippen LogP contribution in [0.2, 0.25) is 5.02 Å². The van der Waals surface area contributed by atoms with Crippen LogP contribution >= 0.6 is 11.6 Å². The van der Waals surface area contributed by atoms with Crippen molar-refractivity contribution >= 4 is 11.6 Å². The predicted octanol–water partition coefficient (Wildman–Crippen LogP) is 4.11. The first-order chi connectivity index (χ1) is 9.10. The van der Waals surface area contributed by atoms with Crippen molar-refractivity contribution in [2.24, 2.45) is 0 Å². The molecule has 0 aromatic heterocycles. The average molecular weight is 279 g/mol. The molecule has 2 aromatic carbocycles. The predicted molar refractivity (Wildman–Crippen MR) is 76.1 cm³/mol. The molecule has 19 heavy (non-hydrogen) atoms. The van der Waals surface area contributed by atoms with Crippen molar-refractivity contribution in [3.8, 4) is 0 Å². The number of aliphatic hydroxyl groups is 1. The first-order valence-corrected chi connectivity index (χ1v) is 6.59. The number of halogens is 2. The number of hydrogen-bond donors (Lipinski definition) is 1. The molecule has 0 aliphatic carbocycles. The van der Waals surface area contributed by atoms with E-state index in [4.69, 9.17) is 11.6 Å². The van der Waals surface area contributed by atoms with Crippen LogP contribution in [0, 0.1) is 12.7 Å². The minimum absolute atomic E-state index is 0.0251. The number of aliphatic hydroxyl groups excluding tert-OH is 1. The third-order valence-electron chi connectivity index (χ3n) is 3.31. The zero-order valence-electron chi connectivity index (χ0n) is 10.7. The molecule has 100 valence electrons. The van der Waals surface area contributed by atoms with E-state index in [1.165, 1.54) is 12.1 Å². The SMILES string of the molecule is Cc1cc(F)ccc1CC(CO)c1cccc(Cl)c1.